The number of carbonyl (C=O) groups excluding carboxylic acids is 1. The Morgan fingerprint density at radius 3 is 2.50 bits per heavy atom. The third-order valence-electron chi connectivity index (χ3n) is 6.07. The molecule has 0 atom stereocenters. The van der Waals surface area contributed by atoms with Gasteiger partial charge in [0.2, 0.25) is 0 Å². The first kappa shape index (κ1) is 19.5. The standard InChI is InChI=1S/C22H28FN3OS/c1-15-6-7-17(14-19(15)23)21-24-16(2)20(28-21)22(27)26-12-8-18(9-13-26)25-10-4-3-5-11-25/h6-7,14,18H,3-5,8-13H2,1-2H3. The predicted molar refractivity (Wildman–Crippen MR) is 111 cm³/mol. The van der Waals surface area contributed by atoms with E-state index in [4.69, 9.17) is 0 Å². The topological polar surface area (TPSA) is 36.4 Å². The monoisotopic (exact) mass is 401 g/mol. The first-order valence-electron chi connectivity index (χ1n) is 10.3. The number of likely N-dealkylation sites (tertiary alicyclic amines) is 2. The number of nitrogens with zero attached hydrogens (tertiary/aromatic N) is 3. The molecule has 0 unspecified atom stereocenters. The van der Waals surface area contributed by atoms with Crippen LogP contribution in [0.4, 0.5) is 4.39 Å². The van der Waals surface area contributed by atoms with Gasteiger partial charge < -0.3 is 9.80 Å². The van der Waals surface area contributed by atoms with Crippen LogP contribution in [0.3, 0.4) is 0 Å². The van der Waals surface area contributed by atoms with E-state index in [2.05, 4.69) is 9.88 Å². The molecule has 28 heavy (non-hydrogen) atoms. The molecule has 1 aromatic heterocycles. The molecule has 0 aliphatic carbocycles. The Balaban J connectivity index is 1.44. The number of hydrogen-bond acceptors (Lipinski definition) is 4. The van der Waals surface area contributed by atoms with Crippen LogP contribution < -0.4 is 0 Å². The molecule has 6 heteroatoms. The van der Waals surface area contributed by atoms with Gasteiger partial charge in [0.15, 0.2) is 0 Å². The second-order valence-corrected chi connectivity index (χ2v) is 9.02. The molecule has 2 aliphatic rings. The molecular weight excluding hydrogens is 373 g/mol. The summed E-state index contributed by atoms with van der Waals surface area (Å²) in [6.07, 6.45) is 6.08. The molecule has 0 radical (unpaired) electrons. The summed E-state index contributed by atoms with van der Waals surface area (Å²) in [5, 5.41) is 0.711. The molecule has 1 aromatic carbocycles. The lowest BCUT2D eigenvalue weighted by Gasteiger charge is -2.40. The van der Waals surface area contributed by atoms with Gasteiger partial charge in [0, 0.05) is 24.7 Å². The van der Waals surface area contributed by atoms with Crippen molar-refractivity contribution in [2.45, 2.75) is 52.0 Å². The summed E-state index contributed by atoms with van der Waals surface area (Å²) < 4.78 is 13.9. The maximum atomic E-state index is 13.9. The molecule has 2 aliphatic heterocycles. The predicted octanol–water partition coefficient (Wildman–Crippen LogP) is 4.66. The number of thiazole rings is 1. The summed E-state index contributed by atoms with van der Waals surface area (Å²) in [6.45, 7) is 7.66. The van der Waals surface area contributed by atoms with Crippen molar-refractivity contribution in [1.29, 1.82) is 0 Å². The Morgan fingerprint density at radius 1 is 1.11 bits per heavy atom. The molecule has 2 fully saturated rings. The average Bonchev–Trinajstić information content (AvgIpc) is 3.12. The van der Waals surface area contributed by atoms with Gasteiger partial charge in [-0.15, -0.1) is 11.3 Å². The minimum atomic E-state index is -0.238. The summed E-state index contributed by atoms with van der Waals surface area (Å²) >= 11 is 1.38. The highest BCUT2D eigenvalue weighted by atomic mass is 32.1. The zero-order valence-corrected chi connectivity index (χ0v) is 17.5. The van der Waals surface area contributed by atoms with Crippen molar-refractivity contribution < 1.29 is 9.18 Å². The molecule has 0 bridgehead atoms. The molecule has 0 N–H and O–H groups in total. The fraction of sp³-hybridized carbons (Fsp3) is 0.545. The van der Waals surface area contributed by atoms with Gasteiger partial charge in [-0.1, -0.05) is 18.6 Å². The van der Waals surface area contributed by atoms with Gasteiger partial charge in [-0.25, -0.2) is 9.37 Å². The highest BCUT2D eigenvalue weighted by Gasteiger charge is 2.29. The molecule has 0 spiro atoms. The quantitative estimate of drug-likeness (QED) is 0.751. The lowest BCUT2D eigenvalue weighted by molar-refractivity contribution is 0.0593. The molecule has 4 nitrogen and oxygen atoms in total. The average molecular weight is 402 g/mol. The first-order chi connectivity index (χ1) is 13.5. The summed E-state index contributed by atoms with van der Waals surface area (Å²) in [6, 6.07) is 5.76. The van der Waals surface area contributed by atoms with E-state index in [0.29, 0.717) is 21.5 Å². The molecule has 150 valence electrons. The van der Waals surface area contributed by atoms with Gasteiger partial charge in [0.25, 0.3) is 5.91 Å². The van der Waals surface area contributed by atoms with Crippen LogP contribution in [0.15, 0.2) is 18.2 Å². The van der Waals surface area contributed by atoms with E-state index in [-0.39, 0.29) is 11.7 Å². The van der Waals surface area contributed by atoms with Crippen LogP contribution in [0.25, 0.3) is 10.6 Å². The zero-order chi connectivity index (χ0) is 19.7. The van der Waals surface area contributed by atoms with Crippen molar-refractivity contribution >= 4 is 17.2 Å². The number of carbonyl (C=O) groups is 1. The largest absolute Gasteiger partial charge is 0.338 e. The van der Waals surface area contributed by atoms with Gasteiger partial charge in [-0.3, -0.25) is 4.79 Å². The lowest BCUT2D eigenvalue weighted by Crippen LogP contribution is -2.48. The van der Waals surface area contributed by atoms with E-state index in [1.54, 1.807) is 13.0 Å². The maximum absolute atomic E-state index is 13.9. The van der Waals surface area contributed by atoms with Crippen LogP contribution >= 0.6 is 11.3 Å². The summed E-state index contributed by atoms with van der Waals surface area (Å²) in [7, 11) is 0. The van der Waals surface area contributed by atoms with Gasteiger partial charge >= 0.3 is 0 Å². The zero-order valence-electron chi connectivity index (χ0n) is 16.7. The number of hydrogen-bond donors (Lipinski definition) is 0. The number of benzene rings is 1. The third kappa shape index (κ3) is 3.98. The fourth-order valence-corrected chi connectivity index (χ4v) is 5.34. The van der Waals surface area contributed by atoms with Gasteiger partial charge in [-0.2, -0.15) is 0 Å². The van der Waals surface area contributed by atoms with Crippen molar-refractivity contribution in [3.8, 4) is 10.6 Å². The fourth-order valence-electron chi connectivity index (χ4n) is 4.31. The van der Waals surface area contributed by atoms with Crippen molar-refractivity contribution in [3.05, 3.63) is 40.2 Å². The number of rotatable bonds is 3. The SMILES string of the molecule is Cc1ccc(-c2nc(C)c(C(=O)N3CCC(N4CCCCC4)CC3)s2)cc1F. The third-order valence-corrected chi connectivity index (χ3v) is 7.26. The molecule has 1 amide bonds. The second-order valence-electron chi connectivity index (χ2n) is 8.02. The number of piperidine rings is 2. The van der Waals surface area contributed by atoms with Crippen LogP contribution in [0, 0.1) is 19.7 Å². The van der Waals surface area contributed by atoms with Gasteiger partial charge in [0.05, 0.1) is 5.69 Å². The highest BCUT2D eigenvalue weighted by Crippen LogP contribution is 2.31. The van der Waals surface area contributed by atoms with E-state index >= 15 is 0 Å². The van der Waals surface area contributed by atoms with Crippen molar-refractivity contribution in [1.82, 2.24) is 14.8 Å². The summed E-state index contributed by atoms with van der Waals surface area (Å²) in [4.78, 5) is 22.9. The van der Waals surface area contributed by atoms with Crippen LogP contribution in [0.1, 0.15) is 53.0 Å². The Morgan fingerprint density at radius 2 is 1.82 bits per heavy atom. The molecule has 3 heterocycles. The van der Waals surface area contributed by atoms with E-state index in [1.807, 2.05) is 17.9 Å². The van der Waals surface area contributed by atoms with E-state index in [1.165, 1.54) is 49.8 Å². The number of amides is 1. The van der Waals surface area contributed by atoms with Crippen molar-refractivity contribution in [3.63, 3.8) is 0 Å². The highest BCUT2D eigenvalue weighted by molar-refractivity contribution is 7.17. The minimum Gasteiger partial charge on any atom is -0.338 e. The normalized spacial score (nSPS) is 19.2. The molecule has 2 saturated heterocycles. The van der Waals surface area contributed by atoms with Gasteiger partial charge in [0.1, 0.15) is 15.7 Å². The molecule has 2 aromatic rings. The van der Waals surface area contributed by atoms with Crippen LogP contribution in [0.2, 0.25) is 0 Å². The Kier molecular flexibility index (Phi) is 5.78. The Hall–Kier alpha value is -1.79. The summed E-state index contributed by atoms with van der Waals surface area (Å²) in [5.74, 6) is -0.163. The second kappa shape index (κ2) is 8.29. The molecule has 0 saturated carbocycles. The number of aromatic nitrogens is 1. The minimum absolute atomic E-state index is 0.0749. The van der Waals surface area contributed by atoms with Gasteiger partial charge in [-0.05, 0) is 64.3 Å². The van der Waals surface area contributed by atoms with E-state index < -0.39 is 0 Å². The molecule has 4 rings (SSSR count). The van der Waals surface area contributed by atoms with Crippen molar-refractivity contribution in [2.24, 2.45) is 0 Å². The van der Waals surface area contributed by atoms with Crippen LogP contribution in [-0.4, -0.2) is 52.9 Å². The van der Waals surface area contributed by atoms with Crippen molar-refractivity contribution in [2.75, 3.05) is 26.2 Å². The number of aryl methyl sites for hydroxylation is 2. The van der Waals surface area contributed by atoms with E-state index in [9.17, 15) is 9.18 Å². The van der Waals surface area contributed by atoms with Crippen LogP contribution in [0.5, 0.6) is 0 Å². The maximum Gasteiger partial charge on any atom is 0.265 e. The lowest BCUT2D eigenvalue weighted by atomic mass is 10.00. The Labute approximate surface area is 170 Å². The first-order valence-corrected chi connectivity index (χ1v) is 11.1. The summed E-state index contributed by atoms with van der Waals surface area (Å²) in [5.41, 5.74) is 2.09. The van der Waals surface area contributed by atoms with E-state index in [0.717, 1.165) is 37.2 Å². The number of halogens is 1. The smallest absolute Gasteiger partial charge is 0.265 e. The molecular formula is C22H28FN3OS. The Bertz CT molecular complexity index is 851. The van der Waals surface area contributed by atoms with Crippen LogP contribution in [-0.2, 0) is 0 Å².